The number of ether oxygens (including phenoxy) is 1. The maximum Gasteiger partial charge on any atom is 0.234 e. The summed E-state index contributed by atoms with van der Waals surface area (Å²) in [6.07, 6.45) is 0.960. The predicted molar refractivity (Wildman–Crippen MR) is 111 cm³/mol. The van der Waals surface area contributed by atoms with Crippen LogP contribution in [0.15, 0.2) is 24.3 Å². The molecule has 5 heteroatoms. The zero-order valence-electron chi connectivity index (χ0n) is 18.0. The van der Waals surface area contributed by atoms with Gasteiger partial charge in [-0.25, -0.2) is 0 Å². The highest BCUT2D eigenvalue weighted by Crippen LogP contribution is 2.26. The van der Waals surface area contributed by atoms with Crippen molar-refractivity contribution in [2.75, 3.05) is 39.8 Å². The van der Waals surface area contributed by atoms with Gasteiger partial charge in [0.25, 0.3) is 0 Å². The van der Waals surface area contributed by atoms with E-state index >= 15 is 0 Å². The highest BCUT2D eigenvalue weighted by atomic mass is 16.5. The topological polar surface area (TPSA) is 44.8 Å². The standard InChI is InChI=1S/C22H37N3O2/c1-21(2,3)17-22(4,5)23-20(26)16-25-13-11-24(12-14-25)15-18-7-9-19(27-6)10-8-18/h7-10H,11-17H2,1-6H3,(H,23,26). The smallest absolute Gasteiger partial charge is 0.234 e. The van der Waals surface area contributed by atoms with Crippen LogP contribution in [-0.4, -0.2) is 61.1 Å². The molecule has 152 valence electrons. The Morgan fingerprint density at radius 1 is 1.00 bits per heavy atom. The van der Waals surface area contributed by atoms with E-state index in [9.17, 15) is 4.79 Å². The van der Waals surface area contributed by atoms with E-state index in [1.165, 1.54) is 5.56 Å². The molecule has 1 N–H and O–H groups in total. The van der Waals surface area contributed by atoms with E-state index in [0.29, 0.717) is 6.54 Å². The molecule has 0 spiro atoms. The van der Waals surface area contributed by atoms with E-state index in [2.05, 4.69) is 61.9 Å². The Bertz CT molecular complexity index is 597. The van der Waals surface area contributed by atoms with Crippen molar-refractivity contribution in [3.63, 3.8) is 0 Å². The van der Waals surface area contributed by atoms with Gasteiger partial charge in [0.1, 0.15) is 5.75 Å². The molecule has 2 rings (SSSR count). The number of nitrogens with zero attached hydrogens (tertiary/aromatic N) is 2. The molecule has 5 nitrogen and oxygen atoms in total. The van der Waals surface area contributed by atoms with E-state index in [0.717, 1.165) is 44.9 Å². The van der Waals surface area contributed by atoms with Crippen LogP contribution in [0.3, 0.4) is 0 Å². The van der Waals surface area contributed by atoms with E-state index < -0.39 is 0 Å². The minimum atomic E-state index is -0.175. The molecule has 1 aromatic rings. The van der Waals surface area contributed by atoms with Crippen LogP contribution < -0.4 is 10.1 Å². The molecular formula is C22H37N3O2. The molecule has 0 aromatic heterocycles. The lowest BCUT2D eigenvalue weighted by molar-refractivity contribution is -0.124. The van der Waals surface area contributed by atoms with Crippen molar-refractivity contribution < 1.29 is 9.53 Å². The van der Waals surface area contributed by atoms with Gasteiger partial charge in [0, 0.05) is 38.3 Å². The SMILES string of the molecule is COc1ccc(CN2CCN(CC(=O)NC(C)(C)CC(C)(C)C)CC2)cc1. The van der Waals surface area contributed by atoms with Gasteiger partial charge in [0.05, 0.1) is 13.7 Å². The fourth-order valence-corrected chi connectivity index (χ4v) is 4.08. The summed E-state index contributed by atoms with van der Waals surface area (Å²) >= 11 is 0. The third kappa shape index (κ3) is 7.89. The Kier molecular flexibility index (Phi) is 7.29. The number of hydrogen-bond acceptors (Lipinski definition) is 4. The quantitative estimate of drug-likeness (QED) is 0.795. The largest absolute Gasteiger partial charge is 0.497 e. The van der Waals surface area contributed by atoms with E-state index in [-0.39, 0.29) is 16.9 Å². The van der Waals surface area contributed by atoms with Gasteiger partial charge in [-0.1, -0.05) is 32.9 Å². The molecule has 1 aliphatic heterocycles. The highest BCUT2D eigenvalue weighted by molar-refractivity contribution is 5.78. The third-order valence-electron chi connectivity index (χ3n) is 4.85. The lowest BCUT2D eigenvalue weighted by atomic mass is 9.82. The zero-order valence-corrected chi connectivity index (χ0v) is 18.0. The Morgan fingerprint density at radius 2 is 1.56 bits per heavy atom. The van der Waals surface area contributed by atoms with Crippen molar-refractivity contribution in [1.29, 1.82) is 0 Å². The van der Waals surface area contributed by atoms with Gasteiger partial charge in [0.2, 0.25) is 5.91 Å². The van der Waals surface area contributed by atoms with Crippen molar-refractivity contribution in [2.24, 2.45) is 5.41 Å². The van der Waals surface area contributed by atoms with Gasteiger partial charge in [-0.2, -0.15) is 0 Å². The fourth-order valence-electron chi connectivity index (χ4n) is 4.08. The van der Waals surface area contributed by atoms with E-state index in [1.54, 1.807) is 7.11 Å². The number of rotatable bonds is 7. The minimum absolute atomic E-state index is 0.132. The fraction of sp³-hybridized carbons (Fsp3) is 0.682. The summed E-state index contributed by atoms with van der Waals surface area (Å²) in [7, 11) is 1.69. The van der Waals surface area contributed by atoms with Crippen LogP contribution in [-0.2, 0) is 11.3 Å². The van der Waals surface area contributed by atoms with Gasteiger partial charge in [0.15, 0.2) is 0 Å². The number of benzene rings is 1. The third-order valence-corrected chi connectivity index (χ3v) is 4.85. The summed E-state index contributed by atoms with van der Waals surface area (Å²) in [4.78, 5) is 17.2. The van der Waals surface area contributed by atoms with Crippen LogP contribution in [0, 0.1) is 5.41 Å². The summed E-state index contributed by atoms with van der Waals surface area (Å²) in [6.45, 7) is 16.1. The first-order valence-corrected chi connectivity index (χ1v) is 9.95. The molecule has 1 heterocycles. The van der Waals surface area contributed by atoms with Crippen molar-refractivity contribution in [3.05, 3.63) is 29.8 Å². The second kappa shape index (κ2) is 9.07. The zero-order chi connectivity index (χ0) is 20.1. The number of hydrogen-bond donors (Lipinski definition) is 1. The lowest BCUT2D eigenvalue weighted by Gasteiger charge is -2.36. The predicted octanol–water partition coefficient (Wildman–Crippen LogP) is 3.14. The molecule has 1 saturated heterocycles. The lowest BCUT2D eigenvalue weighted by Crippen LogP contribution is -2.52. The van der Waals surface area contributed by atoms with Crippen molar-refractivity contribution in [1.82, 2.24) is 15.1 Å². The average molecular weight is 376 g/mol. The number of methoxy groups -OCH3 is 1. The number of nitrogens with one attached hydrogen (secondary N) is 1. The Labute approximate surface area is 165 Å². The van der Waals surface area contributed by atoms with Gasteiger partial charge in [-0.05, 0) is 43.4 Å². The minimum Gasteiger partial charge on any atom is -0.497 e. The summed E-state index contributed by atoms with van der Waals surface area (Å²) in [5.41, 5.74) is 1.32. The first kappa shape index (κ1) is 21.7. The van der Waals surface area contributed by atoms with Gasteiger partial charge >= 0.3 is 0 Å². The van der Waals surface area contributed by atoms with Crippen molar-refractivity contribution >= 4 is 5.91 Å². The summed E-state index contributed by atoms with van der Waals surface area (Å²) in [5, 5.41) is 3.22. The molecule has 1 aliphatic rings. The molecule has 1 aromatic carbocycles. The first-order chi connectivity index (χ1) is 12.6. The van der Waals surface area contributed by atoms with Gasteiger partial charge in [-0.3, -0.25) is 14.6 Å². The Hall–Kier alpha value is -1.59. The molecule has 27 heavy (non-hydrogen) atoms. The first-order valence-electron chi connectivity index (χ1n) is 9.95. The van der Waals surface area contributed by atoms with E-state index in [4.69, 9.17) is 4.74 Å². The molecule has 0 atom stereocenters. The highest BCUT2D eigenvalue weighted by Gasteiger charge is 2.28. The molecular weight excluding hydrogens is 338 g/mol. The van der Waals surface area contributed by atoms with Crippen LogP contribution in [0.2, 0.25) is 0 Å². The van der Waals surface area contributed by atoms with Crippen LogP contribution >= 0.6 is 0 Å². The second-order valence-electron chi connectivity index (χ2n) is 9.57. The van der Waals surface area contributed by atoms with Gasteiger partial charge < -0.3 is 10.1 Å². The monoisotopic (exact) mass is 375 g/mol. The maximum absolute atomic E-state index is 12.5. The number of carbonyl (C=O) groups excluding carboxylic acids is 1. The van der Waals surface area contributed by atoms with Gasteiger partial charge in [-0.15, -0.1) is 0 Å². The van der Waals surface area contributed by atoms with E-state index in [1.807, 2.05) is 12.1 Å². The second-order valence-corrected chi connectivity index (χ2v) is 9.57. The molecule has 0 radical (unpaired) electrons. The normalized spacial score (nSPS) is 17.0. The van der Waals surface area contributed by atoms with Crippen LogP contribution in [0.25, 0.3) is 0 Å². The molecule has 0 saturated carbocycles. The number of carbonyl (C=O) groups is 1. The molecule has 1 fully saturated rings. The summed E-state index contributed by atoms with van der Waals surface area (Å²) < 4.78 is 5.21. The average Bonchev–Trinajstić information content (AvgIpc) is 2.54. The molecule has 1 amide bonds. The summed E-state index contributed by atoms with van der Waals surface area (Å²) in [6, 6.07) is 8.26. The molecule has 0 bridgehead atoms. The Morgan fingerprint density at radius 3 is 2.07 bits per heavy atom. The van der Waals surface area contributed by atoms with Crippen LogP contribution in [0.5, 0.6) is 5.75 Å². The summed E-state index contributed by atoms with van der Waals surface area (Å²) in [5.74, 6) is 1.02. The molecule has 0 aliphatic carbocycles. The number of piperazine rings is 1. The van der Waals surface area contributed by atoms with Crippen LogP contribution in [0.1, 0.15) is 46.6 Å². The number of amides is 1. The van der Waals surface area contributed by atoms with Crippen molar-refractivity contribution in [3.8, 4) is 5.75 Å². The van der Waals surface area contributed by atoms with Crippen molar-refractivity contribution in [2.45, 2.75) is 53.1 Å². The molecule has 0 unspecified atom stereocenters. The Balaban J connectivity index is 1.74. The van der Waals surface area contributed by atoms with Crippen LogP contribution in [0.4, 0.5) is 0 Å². The maximum atomic E-state index is 12.5.